The predicted molar refractivity (Wildman–Crippen MR) is 127 cm³/mol. The molecule has 0 unspecified atom stereocenters. The number of ether oxygens (including phenoxy) is 1. The molecule has 1 aliphatic heterocycles. The molecular weight excluding hydrogens is 432 g/mol. The highest BCUT2D eigenvalue weighted by Gasteiger charge is 2.38. The number of fused-ring (bicyclic) bond motifs is 1. The summed E-state index contributed by atoms with van der Waals surface area (Å²) in [6.45, 7) is 0. The van der Waals surface area contributed by atoms with Gasteiger partial charge in [0.2, 0.25) is 5.91 Å². The SMILES string of the molecule is O=C(Nc1ccc(Oc2ccc3c(c2)C(=O)N(C2=CC[C@@H](O)C=C2)C3=O)cc1)C1CCCCC1. The summed E-state index contributed by atoms with van der Waals surface area (Å²) in [6.07, 6.45) is 9.88. The average molecular weight is 459 g/mol. The lowest BCUT2D eigenvalue weighted by Crippen LogP contribution is -2.29. The number of anilines is 1. The highest BCUT2D eigenvalue weighted by Crippen LogP contribution is 2.33. The van der Waals surface area contributed by atoms with E-state index in [0.717, 1.165) is 30.6 Å². The molecule has 0 bridgehead atoms. The number of rotatable bonds is 5. The molecule has 2 aliphatic carbocycles. The summed E-state index contributed by atoms with van der Waals surface area (Å²) in [5.41, 5.74) is 1.77. The zero-order valence-electron chi connectivity index (χ0n) is 18.7. The highest BCUT2D eigenvalue weighted by atomic mass is 16.5. The number of hydrogen-bond donors (Lipinski definition) is 2. The minimum Gasteiger partial charge on any atom is -0.457 e. The average Bonchev–Trinajstić information content (AvgIpc) is 3.11. The van der Waals surface area contributed by atoms with Gasteiger partial charge in [-0.25, -0.2) is 4.90 Å². The first-order valence-corrected chi connectivity index (χ1v) is 11.7. The summed E-state index contributed by atoms with van der Waals surface area (Å²) in [4.78, 5) is 39.3. The molecule has 2 aromatic rings. The molecule has 1 saturated carbocycles. The van der Waals surface area contributed by atoms with Gasteiger partial charge in [-0.1, -0.05) is 31.4 Å². The number of carbonyl (C=O) groups is 3. The Kier molecular flexibility index (Phi) is 6.02. The van der Waals surface area contributed by atoms with Gasteiger partial charge in [-0.15, -0.1) is 0 Å². The van der Waals surface area contributed by atoms with Crippen molar-refractivity contribution in [2.45, 2.75) is 44.6 Å². The van der Waals surface area contributed by atoms with Gasteiger partial charge in [-0.2, -0.15) is 0 Å². The van der Waals surface area contributed by atoms with E-state index >= 15 is 0 Å². The van der Waals surface area contributed by atoms with Crippen molar-refractivity contribution in [2.75, 3.05) is 5.32 Å². The maximum absolute atomic E-state index is 12.9. The van der Waals surface area contributed by atoms with E-state index in [2.05, 4.69) is 5.32 Å². The van der Waals surface area contributed by atoms with Crippen LogP contribution in [0.2, 0.25) is 0 Å². The number of nitrogens with zero attached hydrogens (tertiary/aromatic N) is 1. The largest absolute Gasteiger partial charge is 0.457 e. The fourth-order valence-corrected chi connectivity index (χ4v) is 4.63. The molecule has 3 aliphatic rings. The van der Waals surface area contributed by atoms with Crippen LogP contribution in [0.4, 0.5) is 5.69 Å². The number of imide groups is 1. The molecule has 0 saturated heterocycles. The van der Waals surface area contributed by atoms with Gasteiger partial charge < -0.3 is 15.2 Å². The monoisotopic (exact) mass is 458 g/mol. The molecule has 1 heterocycles. The van der Waals surface area contributed by atoms with Crippen LogP contribution in [0, 0.1) is 5.92 Å². The Morgan fingerprint density at radius 3 is 2.35 bits per heavy atom. The molecule has 0 radical (unpaired) electrons. The second kappa shape index (κ2) is 9.27. The number of allylic oxidation sites excluding steroid dienone is 1. The van der Waals surface area contributed by atoms with E-state index in [-0.39, 0.29) is 17.4 Å². The molecule has 5 rings (SSSR count). The minimum absolute atomic E-state index is 0.0668. The third-order valence-electron chi connectivity index (χ3n) is 6.51. The van der Waals surface area contributed by atoms with Crippen molar-refractivity contribution in [3.63, 3.8) is 0 Å². The fourth-order valence-electron chi connectivity index (χ4n) is 4.63. The molecule has 0 aromatic heterocycles. The topological polar surface area (TPSA) is 95.9 Å². The number of nitrogens with one attached hydrogen (secondary N) is 1. The van der Waals surface area contributed by atoms with Crippen molar-refractivity contribution in [1.82, 2.24) is 4.90 Å². The maximum atomic E-state index is 12.9. The molecule has 2 aromatic carbocycles. The number of aliphatic hydroxyl groups is 1. The number of hydrogen-bond acceptors (Lipinski definition) is 5. The molecule has 1 fully saturated rings. The van der Waals surface area contributed by atoms with Gasteiger partial charge in [0.1, 0.15) is 11.5 Å². The molecular formula is C27H26N2O5. The van der Waals surface area contributed by atoms with Gasteiger partial charge in [0.15, 0.2) is 0 Å². The first-order chi connectivity index (χ1) is 16.5. The van der Waals surface area contributed by atoms with E-state index in [1.807, 2.05) is 0 Å². The zero-order chi connectivity index (χ0) is 23.7. The normalized spacial score (nSPS) is 20.2. The Morgan fingerprint density at radius 1 is 0.941 bits per heavy atom. The van der Waals surface area contributed by atoms with Crippen LogP contribution in [0.25, 0.3) is 0 Å². The van der Waals surface area contributed by atoms with E-state index < -0.39 is 17.9 Å². The number of amides is 3. The molecule has 2 N–H and O–H groups in total. The van der Waals surface area contributed by atoms with Gasteiger partial charge in [-0.3, -0.25) is 14.4 Å². The van der Waals surface area contributed by atoms with Crippen molar-refractivity contribution in [1.29, 1.82) is 0 Å². The third-order valence-corrected chi connectivity index (χ3v) is 6.51. The summed E-state index contributed by atoms with van der Waals surface area (Å²) in [6, 6.07) is 11.9. The minimum atomic E-state index is -0.606. The Hall–Kier alpha value is -3.71. The van der Waals surface area contributed by atoms with Crippen molar-refractivity contribution < 1.29 is 24.2 Å². The molecule has 7 nitrogen and oxygen atoms in total. The maximum Gasteiger partial charge on any atom is 0.266 e. The predicted octanol–water partition coefficient (Wildman–Crippen LogP) is 4.80. The van der Waals surface area contributed by atoms with Crippen LogP contribution >= 0.6 is 0 Å². The van der Waals surface area contributed by atoms with E-state index in [1.54, 1.807) is 60.7 Å². The fraction of sp³-hybridized carbons (Fsp3) is 0.296. The molecule has 34 heavy (non-hydrogen) atoms. The smallest absolute Gasteiger partial charge is 0.266 e. The van der Waals surface area contributed by atoms with E-state index in [1.165, 1.54) is 6.42 Å². The van der Waals surface area contributed by atoms with E-state index in [0.29, 0.717) is 34.9 Å². The third kappa shape index (κ3) is 4.39. The lowest BCUT2D eigenvalue weighted by Gasteiger charge is -2.20. The Balaban J connectivity index is 1.26. The molecule has 0 spiro atoms. The van der Waals surface area contributed by atoms with Gasteiger partial charge in [-0.05, 0) is 67.8 Å². The zero-order valence-corrected chi connectivity index (χ0v) is 18.7. The van der Waals surface area contributed by atoms with E-state index in [4.69, 9.17) is 4.74 Å². The Bertz CT molecular complexity index is 1190. The number of benzene rings is 2. The second-order valence-corrected chi connectivity index (χ2v) is 8.89. The van der Waals surface area contributed by atoms with Gasteiger partial charge in [0, 0.05) is 17.3 Å². The van der Waals surface area contributed by atoms with Crippen LogP contribution < -0.4 is 10.1 Å². The highest BCUT2D eigenvalue weighted by molar-refractivity contribution is 6.22. The first kappa shape index (κ1) is 22.1. The Morgan fingerprint density at radius 2 is 1.65 bits per heavy atom. The van der Waals surface area contributed by atoms with Gasteiger partial charge in [0.25, 0.3) is 11.8 Å². The molecule has 3 amide bonds. The van der Waals surface area contributed by atoms with Crippen LogP contribution in [0.3, 0.4) is 0 Å². The van der Waals surface area contributed by atoms with Crippen LogP contribution in [0.5, 0.6) is 11.5 Å². The molecule has 7 heteroatoms. The number of aliphatic hydroxyl groups excluding tert-OH is 1. The molecule has 174 valence electrons. The lowest BCUT2D eigenvalue weighted by atomic mass is 9.88. The summed E-state index contributed by atoms with van der Waals surface area (Å²) >= 11 is 0. The van der Waals surface area contributed by atoms with Crippen LogP contribution in [0.15, 0.2) is 66.4 Å². The van der Waals surface area contributed by atoms with Gasteiger partial charge in [0.05, 0.1) is 17.2 Å². The van der Waals surface area contributed by atoms with Crippen LogP contribution in [0.1, 0.15) is 59.2 Å². The van der Waals surface area contributed by atoms with Gasteiger partial charge >= 0.3 is 0 Å². The summed E-state index contributed by atoms with van der Waals surface area (Å²) < 4.78 is 5.90. The quantitative estimate of drug-likeness (QED) is 0.628. The van der Waals surface area contributed by atoms with Crippen LogP contribution in [-0.2, 0) is 4.79 Å². The van der Waals surface area contributed by atoms with Crippen molar-refractivity contribution in [3.8, 4) is 11.5 Å². The number of carbonyl (C=O) groups excluding carboxylic acids is 3. The summed E-state index contributed by atoms with van der Waals surface area (Å²) in [5.74, 6) is 0.328. The first-order valence-electron chi connectivity index (χ1n) is 11.7. The Labute approximate surface area is 197 Å². The summed E-state index contributed by atoms with van der Waals surface area (Å²) in [5, 5.41) is 12.6. The second-order valence-electron chi connectivity index (χ2n) is 8.89. The standard InChI is InChI=1S/C27H26N2O5/c30-20-10-8-19(9-11-20)29-26(32)23-15-14-22(16-24(23)27(29)33)34-21-12-6-18(7-13-21)28-25(31)17-4-2-1-3-5-17/h6-10,12-17,20,30H,1-5,11H2,(H,28,31)/t20-/m0/s1. The van der Waals surface area contributed by atoms with E-state index in [9.17, 15) is 19.5 Å². The molecule has 1 atom stereocenters. The van der Waals surface area contributed by atoms with Crippen molar-refractivity contribution in [2.24, 2.45) is 5.92 Å². The van der Waals surface area contributed by atoms with Crippen molar-refractivity contribution >= 4 is 23.4 Å². The van der Waals surface area contributed by atoms with Crippen molar-refractivity contribution in [3.05, 3.63) is 77.5 Å². The lowest BCUT2D eigenvalue weighted by molar-refractivity contribution is -0.120. The summed E-state index contributed by atoms with van der Waals surface area (Å²) in [7, 11) is 0. The van der Waals surface area contributed by atoms with Crippen LogP contribution in [-0.4, -0.2) is 33.8 Å².